The predicted molar refractivity (Wildman–Crippen MR) is 57.4 cm³/mol. The van der Waals surface area contributed by atoms with Crippen molar-refractivity contribution in [2.45, 2.75) is 33.2 Å². The van der Waals surface area contributed by atoms with Crippen LogP contribution in [-0.4, -0.2) is 30.2 Å². The lowest BCUT2D eigenvalue weighted by Crippen LogP contribution is -2.28. The Hall–Kier alpha value is -0.630. The zero-order chi connectivity index (χ0) is 9.84. The van der Waals surface area contributed by atoms with Crippen LogP contribution in [0.2, 0.25) is 0 Å². The van der Waals surface area contributed by atoms with Gasteiger partial charge in [-0.1, -0.05) is 5.57 Å². The van der Waals surface area contributed by atoms with E-state index >= 15 is 0 Å². The molecule has 1 heterocycles. The fourth-order valence-corrected chi connectivity index (χ4v) is 1.90. The van der Waals surface area contributed by atoms with E-state index in [-0.39, 0.29) is 0 Å². The van der Waals surface area contributed by atoms with E-state index < -0.39 is 0 Å². The Bertz CT molecular complexity index is 206. The molecule has 0 bridgehead atoms. The van der Waals surface area contributed by atoms with Crippen molar-refractivity contribution in [3.63, 3.8) is 0 Å². The third-order valence-corrected chi connectivity index (χ3v) is 2.94. The van der Waals surface area contributed by atoms with Crippen molar-refractivity contribution in [2.24, 2.45) is 5.92 Å². The van der Waals surface area contributed by atoms with Gasteiger partial charge in [0, 0.05) is 18.8 Å². The van der Waals surface area contributed by atoms with Crippen molar-refractivity contribution >= 4 is 6.21 Å². The molecule has 1 atom stereocenters. The second-order valence-corrected chi connectivity index (χ2v) is 4.15. The Morgan fingerprint density at radius 3 is 2.69 bits per heavy atom. The molecule has 0 aromatic rings. The van der Waals surface area contributed by atoms with E-state index in [2.05, 4.69) is 25.7 Å². The predicted octanol–water partition coefficient (Wildman–Crippen LogP) is 2.31. The topological polar surface area (TPSA) is 27.1 Å². The summed E-state index contributed by atoms with van der Waals surface area (Å²) in [6, 6.07) is 0.665. The molecule has 1 N–H and O–H groups in total. The fourth-order valence-electron chi connectivity index (χ4n) is 1.90. The summed E-state index contributed by atoms with van der Waals surface area (Å²) < 4.78 is 0. The number of nitrogens with one attached hydrogen (secondary N) is 1. The maximum Gasteiger partial charge on any atom is 0.0177 e. The lowest BCUT2D eigenvalue weighted by atomic mass is 10.00. The van der Waals surface area contributed by atoms with Gasteiger partial charge >= 0.3 is 0 Å². The van der Waals surface area contributed by atoms with E-state index in [4.69, 9.17) is 5.41 Å². The van der Waals surface area contributed by atoms with E-state index in [0.29, 0.717) is 12.0 Å². The standard InChI is InChI=1S/C11H20N2/c1-9(2)13-7-5-11(8-13)10(3)4-6-12/h4,6,9,11-12H,5,7-8H2,1-3H3/b10-4+,12-6?. The number of hydrogen-bond donors (Lipinski definition) is 1. The van der Waals surface area contributed by atoms with E-state index in [0.717, 1.165) is 0 Å². The van der Waals surface area contributed by atoms with Gasteiger partial charge in [-0.05, 0) is 45.7 Å². The highest BCUT2D eigenvalue weighted by atomic mass is 15.2. The van der Waals surface area contributed by atoms with Crippen LogP contribution in [-0.2, 0) is 0 Å². The maximum atomic E-state index is 7.02. The van der Waals surface area contributed by atoms with Crippen molar-refractivity contribution < 1.29 is 0 Å². The highest BCUT2D eigenvalue weighted by molar-refractivity contribution is 5.68. The van der Waals surface area contributed by atoms with Gasteiger partial charge in [0.05, 0.1) is 0 Å². The van der Waals surface area contributed by atoms with Gasteiger partial charge in [0.2, 0.25) is 0 Å². The lowest BCUT2D eigenvalue weighted by molar-refractivity contribution is 0.269. The molecule has 1 aliphatic rings. The molecule has 1 saturated heterocycles. The number of nitrogens with zero attached hydrogens (tertiary/aromatic N) is 1. The highest BCUT2D eigenvalue weighted by Crippen LogP contribution is 2.24. The summed E-state index contributed by atoms with van der Waals surface area (Å²) in [5.74, 6) is 0.684. The van der Waals surface area contributed by atoms with Gasteiger partial charge in [-0.3, -0.25) is 0 Å². The minimum absolute atomic E-state index is 0.665. The molecule has 13 heavy (non-hydrogen) atoms. The Balaban J connectivity index is 2.49. The molecule has 1 rings (SSSR count). The van der Waals surface area contributed by atoms with Crippen LogP contribution < -0.4 is 0 Å². The quantitative estimate of drug-likeness (QED) is 0.663. The molecule has 2 heteroatoms. The normalized spacial score (nSPS) is 25.5. The summed E-state index contributed by atoms with van der Waals surface area (Å²) in [6.45, 7) is 9.02. The summed E-state index contributed by atoms with van der Waals surface area (Å²) in [4.78, 5) is 2.51. The van der Waals surface area contributed by atoms with Gasteiger partial charge in [-0.25, -0.2) is 0 Å². The third-order valence-electron chi connectivity index (χ3n) is 2.94. The number of likely N-dealkylation sites (tertiary alicyclic amines) is 1. The van der Waals surface area contributed by atoms with Crippen LogP contribution >= 0.6 is 0 Å². The molecule has 2 nitrogen and oxygen atoms in total. The minimum Gasteiger partial charge on any atom is -0.309 e. The molecule has 0 aromatic carbocycles. The van der Waals surface area contributed by atoms with Crippen molar-refractivity contribution in [2.75, 3.05) is 13.1 Å². The van der Waals surface area contributed by atoms with Crippen LogP contribution in [0.25, 0.3) is 0 Å². The van der Waals surface area contributed by atoms with Crippen molar-refractivity contribution in [3.8, 4) is 0 Å². The van der Waals surface area contributed by atoms with Crippen LogP contribution in [0.4, 0.5) is 0 Å². The molecule has 1 fully saturated rings. The molecule has 0 amide bonds. The molecule has 0 radical (unpaired) electrons. The molecule has 74 valence electrons. The highest BCUT2D eigenvalue weighted by Gasteiger charge is 2.24. The molecule has 0 aromatic heterocycles. The van der Waals surface area contributed by atoms with E-state index in [1.54, 1.807) is 0 Å². The summed E-state index contributed by atoms with van der Waals surface area (Å²) in [5, 5.41) is 7.02. The Kier molecular flexibility index (Phi) is 3.67. The lowest BCUT2D eigenvalue weighted by Gasteiger charge is -2.20. The number of rotatable bonds is 3. The Morgan fingerprint density at radius 2 is 2.23 bits per heavy atom. The van der Waals surface area contributed by atoms with E-state index in [1.165, 1.54) is 31.3 Å². The minimum atomic E-state index is 0.665. The third kappa shape index (κ3) is 2.66. The van der Waals surface area contributed by atoms with Crippen LogP contribution in [0.1, 0.15) is 27.2 Å². The fraction of sp³-hybridized carbons (Fsp3) is 0.727. The first-order valence-corrected chi connectivity index (χ1v) is 5.06. The number of allylic oxidation sites excluding steroid dienone is 1. The summed E-state index contributed by atoms with van der Waals surface area (Å²) in [6.07, 6.45) is 4.58. The SMILES string of the molecule is C/C(=C\C=N)C1CCN(C(C)C)C1. The average molecular weight is 180 g/mol. The van der Waals surface area contributed by atoms with Gasteiger partial charge in [0.1, 0.15) is 0 Å². The largest absolute Gasteiger partial charge is 0.309 e. The molecule has 0 saturated carbocycles. The van der Waals surface area contributed by atoms with Gasteiger partial charge in [0.25, 0.3) is 0 Å². The van der Waals surface area contributed by atoms with Crippen molar-refractivity contribution in [1.82, 2.24) is 4.90 Å². The van der Waals surface area contributed by atoms with Gasteiger partial charge in [0.15, 0.2) is 0 Å². The zero-order valence-corrected chi connectivity index (χ0v) is 8.88. The first kappa shape index (κ1) is 10.5. The second kappa shape index (κ2) is 4.56. The molecule has 1 unspecified atom stereocenters. The van der Waals surface area contributed by atoms with E-state index in [9.17, 15) is 0 Å². The summed E-state index contributed by atoms with van der Waals surface area (Å²) >= 11 is 0. The Morgan fingerprint density at radius 1 is 1.54 bits per heavy atom. The number of hydrogen-bond acceptors (Lipinski definition) is 2. The van der Waals surface area contributed by atoms with Gasteiger partial charge < -0.3 is 10.3 Å². The first-order valence-electron chi connectivity index (χ1n) is 5.06. The molecular weight excluding hydrogens is 160 g/mol. The van der Waals surface area contributed by atoms with Crippen molar-refractivity contribution in [3.05, 3.63) is 11.6 Å². The van der Waals surface area contributed by atoms with E-state index in [1.807, 2.05) is 6.08 Å². The second-order valence-electron chi connectivity index (χ2n) is 4.15. The van der Waals surface area contributed by atoms with Crippen LogP contribution in [0.5, 0.6) is 0 Å². The zero-order valence-electron chi connectivity index (χ0n) is 8.88. The molecule has 0 aliphatic carbocycles. The smallest absolute Gasteiger partial charge is 0.0177 e. The Labute approximate surface area is 81.1 Å². The van der Waals surface area contributed by atoms with Crippen molar-refractivity contribution in [1.29, 1.82) is 5.41 Å². The van der Waals surface area contributed by atoms with Crippen LogP contribution in [0.3, 0.4) is 0 Å². The maximum absolute atomic E-state index is 7.02. The first-order chi connectivity index (χ1) is 6.15. The summed E-state index contributed by atoms with van der Waals surface area (Å²) in [5.41, 5.74) is 1.36. The van der Waals surface area contributed by atoms with Crippen LogP contribution in [0.15, 0.2) is 11.6 Å². The molecule has 1 aliphatic heterocycles. The average Bonchev–Trinajstić information content (AvgIpc) is 2.52. The molecular formula is C11H20N2. The van der Waals surface area contributed by atoms with Crippen LogP contribution in [0, 0.1) is 11.3 Å². The van der Waals surface area contributed by atoms with Gasteiger partial charge in [-0.15, -0.1) is 0 Å². The molecule has 0 spiro atoms. The van der Waals surface area contributed by atoms with Gasteiger partial charge in [-0.2, -0.15) is 0 Å². The summed E-state index contributed by atoms with van der Waals surface area (Å²) in [7, 11) is 0. The monoisotopic (exact) mass is 180 g/mol.